The highest BCUT2D eigenvalue weighted by atomic mass is 19.3. The van der Waals surface area contributed by atoms with Gasteiger partial charge in [0.2, 0.25) is 12.3 Å². The first-order valence-electron chi connectivity index (χ1n) is 4.45. The summed E-state index contributed by atoms with van der Waals surface area (Å²) in [6, 6.07) is 0. The van der Waals surface area contributed by atoms with Gasteiger partial charge in [0.05, 0.1) is 0 Å². The van der Waals surface area contributed by atoms with Crippen molar-refractivity contribution in [3.8, 4) is 0 Å². The number of rotatable bonds is 4. The van der Waals surface area contributed by atoms with E-state index in [0.717, 1.165) is 6.92 Å². The van der Waals surface area contributed by atoms with Crippen LogP contribution in [-0.4, -0.2) is 36.2 Å². The maximum Gasteiger partial charge on any atom is 0.420 e. The topological polar surface area (TPSA) is 52.6 Å². The van der Waals surface area contributed by atoms with Crippen LogP contribution in [-0.2, 0) is 19.1 Å². The highest BCUT2D eigenvalue weighted by molar-refractivity contribution is 5.99. The molecule has 0 spiro atoms. The number of ether oxygens (including phenoxy) is 2. The molecule has 0 aromatic heterocycles. The van der Waals surface area contributed by atoms with Crippen LogP contribution in [0.2, 0.25) is 0 Å². The van der Waals surface area contributed by atoms with E-state index in [1.54, 1.807) is 0 Å². The molecule has 1 rings (SSSR count). The van der Waals surface area contributed by atoms with Crippen molar-refractivity contribution in [1.82, 2.24) is 0 Å². The van der Waals surface area contributed by atoms with Gasteiger partial charge in [-0.15, -0.1) is 0 Å². The molecule has 0 saturated carbocycles. The molecule has 0 N–H and O–H groups in total. The number of esters is 2. The van der Waals surface area contributed by atoms with Gasteiger partial charge in [-0.25, -0.2) is 14.0 Å². The van der Waals surface area contributed by atoms with Crippen molar-refractivity contribution < 1.29 is 41.0 Å². The lowest BCUT2D eigenvalue weighted by Gasteiger charge is -2.26. The fourth-order valence-corrected chi connectivity index (χ4v) is 1.02. The summed E-state index contributed by atoms with van der Waals surface area (Å²) >= 11 is 0. The summed E-state index contributed by atoms with van der Waals surface area (Å²) < 4.78 is 71.0. The molecular formula is C8H7F5O4. The third kappa shape index (κ3) is 2.38. The smallest absolute Gasteiger partial charge is 0.389 e. The zero-order valence-electron chi connectivity index (χ0n) is 8.38. The van der Waals surface area contributed by atoms with Crippen LogP contribution in [0.3, 0.4) is 0 Å². The van der Waals surface area contributed by atoms with E-state index in [1.807, 2.05) is 0 Å². The lowest BCUT2D eigenvalue weighted by Crippen LogP contribution is -2.47. The van der Waals surface area contributed by atoms with Gasteiger partial charge in [-0.3, -0.25) is 4.74 Å². The van der Waals surface area contributed by atoms with Crippen LogP contribution < -0.4 is 0 Å². The van der Waals surface area contributed by atoms with Crippen LogP contribution in [0.4, 0.5) is 22.0 Å². The largest absolute Gasteiger partial charge is 0.420 e. The second-order valence-corrected chi connectivity index (χ2v) is 3.26. The Morgan fingerprint density at radius 3 is 2.12 bits per heavy atom. The van der Waals surface area contributed by atoms with E-state index in [0.29, 0.717) is 0 Å². The predicted molar refractivity (Wildman–Crippen MR) is 41.1 cm³/mol. The molecule has 0 aromatic rings. The van der Waals surface area contributed by atoms with Crippen molar-refractivity contribution in [2.24, 2.45) is 0 Å². The number of carbonyl (C=O) groups is 2. The molecule has 1 fully saturated rings. The summed E-state index contributed by atoms with van der Waals surface area (Å²) in [5.74, 6) is -8.08. The molecule has 98 valence electrons. The summed E-state index contributed by atoms with van der Waals surface area (Å²) in [6.07, 6.45) is -11.9. The van der Waals surface area contributed by atoms with Gasteiger partial charge in [0, 0.05) is 6.42 Å². The van der Waals surface area contributed by atoms with Gasteiger partial charge in [-0.2, -0.15) is 17.6 Å². The highest BCUT2D eigenvalue weighted by Gasteiger charge is 2.61. The van der Waals surface area contributed by atoms with Crippen molar-refractivity contribution >= 4 is 11.9 Å². The number of carbonyl (C=O) groups excluding carboxylic acids is 2. The van der Waals surface area contributed by atoms with Crippen molar-refractivity contribution in [2.75, 3.05) is 0 Å². The Morgan fingerprint density at radius 2 is 1.76 bits per heavy atom. The molecule has 1 heterocycles. The van der Waals surface area contributed by atoms with Gasteiger partial charge in [-0.05, 0) is 0 Å². The Hall–Kier alpha value is -1.25. The Balaban J connectivity index is 2.84. The molecule has 1 aliphatic rings. The second kappa shape index (κ2) is 4.21. The van der Waals surface area contributed by atoms with E-state index in [9.17, 15) is 31.5 Å². The van der Waals surface area contributed by atoms with Gasteiger partial charge in [0.15, 0.2) is 0 Å². The second-order valence-electron chi connectivity index (χ2n) is 3.26. The van der Waals surface area contributed by atoms with E-state index in [1.165, 1.54) is 0 Å². The standard InChI is InChI=1S/C8H7F5O4/c1-2-7(10,11)8(12,13)17-4-3(9)5(14)16-6(4)15/h3-4H,2H2,1H3/t3-,4+/m1/s1. The summed E-state index contributed by atoms with van der Waals surface area (Å²) in [5.41, 5.74) is 0. The molecule has 0 unspecified atom stereocenters. The molecule has 4 nitrogen and oxygen atoms in total. The first kappa shape index (κ1) is 13.8. The third-order valence-electron chi connectivity index (χ3n) is 2.07. The quantitative estimate of drug-likeness (QED) is 0.437. The minimum atomic E-state index is -5.07. The molecule has 2 atom stereocenters. The summed E-state index contributed by atoms with van der Waals surface area (Å²) in [6.45, 7) is 0.752. The number of halogens is 5. The average molecular weight is 262 g/mol. The van der Waals surface area contributed by atoms with Crippen LogP contribution in [0, 0.1) is 0 Å². The monoisotopic (exact) mass is 262 g/mol. The molecule has 0 radical (unpaired) electrons. The fraction of sp³-hybridized carbons (Fsp3) is 0.750. The summed E-state index contributed by atoms with van der Waals surface area (Å²) in [5, 5.41) is 0. The zero-order valence-corrected chi connectivity index (χ0v) is 8.38. The molecular weight excluding hydrogens is 255 g/mol. The zero-order chi connectivity index (χ0) is 13.4. The molecule has 17 heavy (non-hydrogen) atoms. The lowest BCUT2D eigenvalue weighted by atomic mass is 10.2. The van der Waals surface area contributed by atoms with Gasteiger partial charge >= 0.3 is 24.0 Å². The maximum atomic E-state index is 12.9. The minimum absolute atomic E-state index is 0.752. The van der Waals surface area contributed by atoms with Crippen LogP contribution in [0.25, 0.3) is 0 Å². The number of alkyl halides is 5. The van der Waals surface area contributed by atoms with Crippen molar-refractivity contribution in [3.05, 3.63) is 0 Å². The van der Waals surface area contributed by atoms with E-state index in [2.05, 4.69) is 9.47 Å². The molecule has 1 saturated heterocycles. The average Bonchev–Trinajstić information content (AvgIpc) is 2.44. The van der Waals surface area contributed by atoms with E-state index >= 15 is 0 Å². The third-order valence-corrected chi connectivity index (χ3v) is 2.07. The number of hydrogen-bond acceptors (Lipinski definition) is 4. The molecule has 0 amide bonds. The minimum Gasteiger partial charge on any atom is -0.389 e. The van der Waals surface area contributed by atoms with Crippen molar-refractivity contribution in [3.63, 3.8) is 0 Å². The summed E-state index contributed by atoms with van der Waals surface area (Å²) in [4.78, 5) is 21.2. The Kier molecular flexibility index (Phi) is 3.42. The van der Waals surface area contributed by atoms with E-state index in [4.69, 9.17) is 0 Å². The molecule has 0 aromatic carbocycles. The van der Waals surface area contributed by atoms with Gasteiger partial charge in [0.25, 0.3) is 0 Å². The van der Waals surface area contributed by atoms with Crippen molar-refractivity contribution in [2.45, 2.75) is 37.7 Å². The Morgan fingerprint density at radius 1 is 1.24 bits per heavy atom. The number of hydrogen-bond donors (Lipinski definition) is 0. The predicted octanol–water partition coefficient (Wildman–Crippen LogP) is 1.43. The van der Waals surface area contributed by atoms with E-state index < -0.39 is 42.7 Å². The molecule has 9 heteroatoms. The summed E-state index contributed by atoms with van der Waals surface area (Å²) in [7, 11) is 0. The van der Waals surface area contributed by atoms with Crippen LogP contribution in [0.1, 0.15) is 13.3 Å². The van der Waals surface area contributed by atoms with Crippen LogP contribution in [0.15, 0.2) is 0 Å². The first-order valence-corrected chi connectivity index (χ1v) is 4.45. The normalized spacial score (nSPS) is 26.2. The van der Waals surface area contributed by atoms with Crippen LogP contribution >= 0.6 is 0 Å². The van der Waals surface area contributed by atoms with Gasteiger partial charge in [-0.1, -0.05) is 6.92 Å². The lowest BCUT2D eigenvalue weighted by molar-refractivity contribution is -0.359. The van der Waals surface area contributed by atoms with Crippen molar-refractivity contribution in [1.29, 1.82) is 0 Å². The first-order chi connectivity index (χ1) is 7.62. The Labute approximate surface area is 91.7 Å². The fourth-order valence-electron chi connectivity index (χ4n) is 1.02. The SMILES string of the molecule is CCC(F)(F)C(F)(F)O[C@@H]1C(=O)OC(=O)[C@@H]1F. The van der Waals surface area contributed by atoms with Crippen LogP contribution in [0.5, 0.6) is 0 Å². The number of cyclic esters (lactones) is 2. The Bertz CT molecular complexity index is 343. The van der Waals surface area contributed by atoms with E-state index in [-0.39, 0.29) is 0 Å². The molecule has 0 aliphatic carbocycles. The maximum absolute atomic E-state index is 12.9. The molecule has 0 bridgehead atoms. The highest BCUT2D eigenvalue weighted by Crippen LogP contribution is 2.39. The van der Waals surface area contributed by atoms with Gasteiger partial charge in [0.1, 0.15) is 0 Å². The van der Waals surface area contributed by atoms with Gasteiger partial charge < -0.3 is 4.74 Å². The molecule has 1 aliphatic heterocycles.